The fourth-order valence-electron chi connectivity index (χ4n) is 3.21. The van der Waals surface area contributed by atoms with Gasteiger partial charge in [-0.2, -0.15) is 0 Å². The van der Waals surface area contributed by atoms with Gasteiger partial charge in [0.15, 0.2) is 6.10 Å². The average molecular weight is 485 g/mol. The summed E-state index contributed by atoms with van der Waals surface area (Å²) in [6, 6.07) is 18.1. The van der Waals surface area contributed by atoms with Crippen molar-refractivity contribution >= 4 is 27.3 Å². The molecule has 0 aliphatic rings. The molecule has 3 rings (SSSR count). The van der Waals surface area contributed by atoms with E-state index in [4.69, 9.17) is 14.2 Å². The molecule has 9 heteroatoms. The number of hydrogen-bond donors (Lipinski definition) is 2. The molecule has 1 atom stereocenters. The third-order valence-electron chi connectivity index (χ3n) is 5.01. The Morgan fingerprint density at radius 3 is 2.29 bits per heavy atom. The SMILES string of the molecule is CC[C@@H](Oc1cccc(OC)c1)C(=O)Nc1ccc(S(=O)(=O)Nc2cc(C)ccc2OC)cc1. The molecule has 0 radical (unpaired) electrons. The van der Waals surface area contributed by atoms with Crippen LogP contribution in [0.25, 0.3) is 0 Å². The van der Waals surface area contributed by atoms with Gasteiger partial charge in [0.25, 0.3) is 15.9 Å². The van der Waals surface area contributed by atoms with Crippen LogP contribution in [0.1, 0.15) is 18.9 Å². The highest BCUT2D eigenvalue weighted by Crippen LogP contribution is 2.28. The summed E-state index contributed by atoms with van der Waals surface area (Å²) in [5.41, 5.74) is 1.68. The van der Waals surface area contributed by atoms with Gasteiger partial charge in [0, 0.05) is 11.8 Å². The maximum atomic E-state index is 12.8. The number of methoxy groups -OCH3 is 2. The van der Waals surface area contributed by atoms with Gasteiger partial charge in [0.1, 0.15) is 17.2 Å². The predicted octanol–water partition coefficient (Wildman–Crippen LogP) is 4.61. The summed E-state index contributed by atoms with van der Waals surface area (Å²) in [6.45, 7) is 3.70. The number of anilines is 2. The highest BCUT2D eigenvalue weighted by atomic mass is 32.2. The Kier molecular flexibility index (Phi) is 8.01. The highest BCUT2D eigenvalue weighted by molar-refractivity contribution is 7.92. The molecule has 1 amide bonds. The summed E-state index contributed by atoms with van der Waals surface area (Å²) in [6.07, 6.45) is -0.288. The number of rotatable bonds is 10. The van der Waals surface area contributed by atoms with Crippen molar-refractivity contribution in [2.24, 2.45) is 0 Å². The highest BCUT2D eigenvalue weighted by Gasteiger charge is 2.20. The monoisotopic (exact) mass is 484 g/mol. The first-order chi connectivity index (χ1) is 16.2. The lowest BCUT2D eigenvalue weighted by molar-refractivity contribution is -0.122. The molecule has 0 unspecified atom stereocenters. The van der Waals surface area contributed by atoms with Crippen LogP contribution in [-0.2, 0) is 14.8 Å². The van der Waals surface area contributed by atoms with Gasteiger partial charge in [-0.05, 0) is 67.4 Å². The van der Waals surface area contributed by atoms with E-state index in [9.17, 15) is 13.2 Å². The number of carbonyl (C=O) groups excluding carboxylic acids is 1. The Bertz CT molecular complexity index is 1240. The molecule has 0 aromatic heterocycles. The van der Waals surface area contributed by atoms with E-state index in [1.165, 1.54) is 31.4 Å². The summed E-state index contributed by atoms with van der Waals surface area (Å²) in [5.74, 6) is 1.21. The third kappa shape index (κ3) is 6.20. The Morgan fingerprint density at radius 2 is 1.65 bits per heavy atom. The van der Waals surface area contributed by atoms with Crippen molar-refractivity contribution in [2.45, 2.75) is 31.3 Å². The van der Waals surface area contributed by atoms with E-state index in [1.54, 1.807) is 43.5 Å². The van der Waals surface area contributed by atoms with E-state index in [0.717, 1.165) is 5.56 Å². The molecule has 0 heterocycles. The second-order valence-corrected chi connectivity index (χ2v) is 9.20. The number of nitrogens with one attached hydrogen (secondary N) is 2. The van der Waals surface area contributed by atoms with Gasteiger partial charge in [-0.3, -0.25) is 9.52 Å². The summed E-state index contributed by atoms with van der Waals surface area (Å²) >= 11 is 0. The molecular formula is C25H28N2O6S. The lowest BCUT2D eigenvalue weighted by atomic mass is 10.2. The lowest BCUT2D eigenvalue weighted by Crippen LogP contribution is -2.32. The zero-order valence-electron chi connectivity index (χ0n) is 19.5. The van der Waals surface area contributed by atoms with Crippen LogP contribution < -0.4 is 24.2 Å². The van der Waals surface area contributed by atoms with Crippen LogP contribution in [-0.4, -0.2) is 34.6 Å². The molecule has 180 valence electrons. The molecular weight excluding hydrogens is 456 g/mol. The molecule has 2 N–H and O–H groups in total. The molecule has 34 heavy (non-hydrogen) atoms. The zero-order chi connectivity index (χ0) is 24.7. The van der Waals surface area contributed by atoms with Crippen molar-refractivity contribution in [1.29, 1.82) is 0 Å². The first kappa shape index (κ1) is 24.9. The summed E-state index contributed by atoms with van der Waals surface area (Å²) in [7, 11) is -0.826. The van der Waals surface area contributed by atoms with Crippen molar-refractivity contribution in [2.75, 3.05) is 24.3 Å². The van der Waals surface area contributed by atoms with E-state index in [0.29, 0.717) is 35.0 Å². The van der Waals surface area contributed by atoms with Crippen LogP contribution in [0.4, 0.5) is 11.4 Å². The Hall–Kier alpha value is -3.72. The normalized spacial score (nSPS) is 11.9. The largest absolute Gasteiger partial charge is 0.497 e. The molecule has 8 nitrogen and oxygen atoms in total. The Morgan fingerprint density at radius 1 is 0.941 bits per heavy atom. The summed E-state index contributed by atoms with van der Waals surface area (Å²) in [5, 5.41) is 2.77. The van der Waals surface area contributed by atoms with Gasteiger partial charge in [-0.25, -0.2) is 8.42 Å². The maximum Gasteiger partial charge on any atom is 0.265 e. The molecule has 3 aromatic rings. The fraction of sp³-hybridized carbons (Fsp3) is 0.240. The van der Waals surface area contributed by atoms with Crippen LogP contribution in [0, 0.1) is 6.92 Å². The van der Waals surface area contributed by atoms with Crippen molar-refractivity contribution in [3.05, 3.63) is 72.3 Å². The second-order valence-electron chi connectivity index (χ2n) is 7.52. The third-order valence-corrected chi connectivity index (χ3v) is 6.40. The number of hydrogen-bond acceptors (Lipinski definition) is 6. The van der Waals surface area contributed by atoms with E-state index in [2.05, 4.69) is 10.0 Å². The van der Waals surface area contributed by atoms with E-state index < -0.39 is 16.1 Å². The van der Waals surface area contributed by atoms with Gasteiger partial charge >= 0.3 is 0 Å². The molecule has 0 aliphatic carbocycles. The molecule has 0 spiro atoms. The summed E-state index contributed by atoms with van der Waals surface area (Å²) in [4.78, 5) is 12.8. The van der Waals surface area contributed by atoms with Gasteiger partial charge in [0.05, 0.1) is 24.8 Å². The molecule has 0 saturated carbocycles. The predicted molar refractivity (Wildman–Crippen MR) is 131 cm³/mol. The van der Waals surface area contributed by atoms with Gasteiger partial charge < -0.3 is 19.5 Å². The lowest BCUT2D eigenvalue weighted by Gasteiger charge is -2.18. The minimum Gasteiger partial charge on any atom is -0.497 e. The maximum absolute atomic E-state index is 12.8. The quantitative estimate of drug-likeness (QED) is 0.436. The molecule has 0 fully saturated rings. The first-order valence-corrected chi connectivity index (χ1v) is 12.1. The smallest absolute Gasteiger partial charge is 0.265 e. The van der Waals surface area contributed by atoms with Crippen molar-refractivity contribution < 1.29 is 27.4 Å². The van der Waals surface area contributed by atoms with E-state index in [1.807, 2.05) is 19.9 Å². The molecule has 0 saturated heterocycles. The molecule has 0 bridgehead atoms. The van der Waals surface area contributed by atoms with Crippen LogP contribution in [0.15, 0.2) is 71.6 Å². The number of amides is 1. The van der Waals surface area contributed by atoms with Crippen LogP contribution in [0.3, 0.4) is 0 Å². The number of benzene rings is 3. The second kappa shape index (κ2) is 10.9. The van der Waals surface area contributed by atoms with Crippen LogP contribution >= 0.6 is 0 Å². The number of carbonyl (C=O) groups is 1. The fourth-order valence-corrected chi connectivity index (χ4v) is 4.27. The Balaban J connectivity index is 1.69. The Labute approximate surface area is 199 Å². The topological polar surface area (TPSA) is 103 Å². The number of ether oxygens (including phenoxy) is 3. The average Bonchev–Trinajstić information content (AvgIpc) is 2.83. The standard InChI is InChI=1S/C25H28N2O6S/c1-5-23(33-20-8-6-7-19(16-20)31-3)25(28)26-18-10-12-21(13-11-18)34(29,30)27-22-15-17(2)9-14-24(22)32-4/h6-16,23,27H,5H2,1-4H3,(H,26,28)/t23-/m1/s1. The van der Waals surface area contributed by atoms with Crippen LogP contribution in [0.2, 0.25) is 0 Å². The summed E-state index contributed by atoms with van der Waals surface area (Å²) < 4.78 is 44.5. The number of sulfonamides is 1. The minimum atomic E-state index is -3.86. The van der Waals surface area contributed by atoms with E-state index >= 15 is 0 Å². The van der Waals surface area contributed by atoms with Crippen molar-refractivity contribution in [3.63, 3.8) is 0 Å². The first-order valence-electron chi connectivity index (χ1n) is 10.6. The van der Waals surface area contributed by atoms with Gasteiger partial charge in [-0.1, -0.05) is 19.1 Å². The van der Waals surface area contributed by atoms with Gasteiger partial charge in [0.2, 0.25) is 0 Å². The minimum absolute atomic E-state index is 0.0498. The van der Waals surface area contributed by atoms with Crippen molar-refractivity contribution in [3.8, 4) is 17.2 Å². The van der Waals surface area contributed by atoms with Crippen LogP contribution in [0.5, 0.6) is 17.2 Å². The molecule has 3 aromatic carbocycles. The molecule has 0 aliphatic heterocycles. The number of aryl methyl sites for hydroxylation is 1. The van der Waals surface area contributed by atoms with Crippen molar-refractivity contribution in [1.82, 2.24) is 0 Å². The van der Waals surface area contributed by atoms with E-state index in [-0.39, 0.29) is 10.8 Å². The van der Waals surface area contributed by atoms with Gasteiger partial charge in [-0.15, -0.1) is 0 Å². The zero-order valence-corrected chi connectivity index (χ0v) is 20.3.